The molecule has 0 saturated carbocycles. The minimum absolute atomic E-state index is 0.397. The monoisotopic (exact) mass is 220 g/mol. The van der Waals surface area contributed by atoms with Crippen molar-refractivity contribution in [3.05, 3.63) is 30.3 Å². The van der Waals surface area contributed by atoms with E-state index < -0.39 is 0 Å². The van der Waals surface area contributed by atoms with Crippen LogP contribution in [0.5, 0.6) is 5.75 Å². The minimum atomic E-state index is 0.397. The molecule has 1 aromatic rings. The van der Waals surface area contributed by atoms with Gasteiger partial charge in [-0.15, -0.1) is 0 Å². The zero-order valence-corrected chi connectivity index (χ0v) is 10.1. The largest absolute Gasteiger partial charge is 0.493 e. The average Bonchev–Trinajstić information content (AvgIpc) is 2.30. The normalized spacial score (nSPS) is 28.5. The van der Waals surface area contributed by atoms with Crippen molar-refractivity contribution in [1.82, 2.24) is 0 Å². The Balaban J connectivity index is 1.84. The highest BCUT2D eigenvalue weighted by Gasteiger charge is 2.40. The van der Waals surface area contributed by atoms with Crippen LogP contribution >= 0.6 is 0 Å². The van der Waals surface area contributed by atoms with E-state index in [1.165, 1.54) is 0 Å². The lowest BCUT2D eigenvalue weighted by Crippen LogP contribution is -2.50. The maximum atomic E-state index is 5.79. The van der Waals surface area contributed by atoms with E-state index in [-0.39, 0.29) is 0 Å². The lowest BCUT2D eigenvalue weighted by atomic mass is 9.87. The molecule has 0 radical (unpaired) electrons. The van der Waals surface area contributed by atoms with Crippen LogP contribution in [-0.4, -0.2) is 18.8 Å². The Kier molecular flexibility index (Phi) is 3.83. The molecule has 0 spiro atoms. The molecule has 0 bridgehead atoms. The van der Waals surface area contributed by atoms with Crippen molar-refractivity contribution >= 4 is 0 Å². The van der Waals surface area contributed by atoms with Gasteiger partial charge in [-0.05, 0) is 25.0 Å². The topological polar surface area (TPSA) is 18.5 Å². The van der Waals surface area contributed by atoms with Crippen molar-refractivity contribution in [3.63, 3.8) is 0 Å². The van der Waals surface area contributed by atoms with Crippen molar-refractivity contribution in [2.45, 2.75) is 38.9 Å². The summed E-state index contributed by atoms with van der Waals surface area (Å²) < 4.78 is 11.6. The van der Waals surface area contributed by atoms with Gasteiger partial charge in [0.2, 0.25) is 0 Å². The van der Waals surface area contributed by atoms with E-state index in [0.717, 1.165) is 25.2 Å². The molecule has 1 heterocycles. The maximum absolute atomic E-state index is 5.79. The predicted octanol–water partition coefficient (Wildman–Crippen LogP) is 3.27. The van der Waals surface area contributed by atoms with Gasteiger partial charge in [-0.25, -0.2) is 0 Å². The van der Waals surface area contributed by atoms with E-state index in [4.69, 9.17) is 9.47 Å². The molecule has 0 N–H and O–H groups in total. The van der Waals surface area contributed by atoms with Crippen molar-refractivity contribution < 1.29 is 9.47 Å². The second-order valence-corrected chi connectivity index (χ2v) is 4.32. The van der Waals surface area contributed by atoms with Crippen LogP contribution in [0.3, 0.4) is 0 Å². The van der Waals surface area contributed by atoms with Crippen molar-refractivity contribution in [2.75, 3.05) is 6.61 Å². The molecule has 16 heavy (non-hydrogen) atoms. The third-order valence-corrected chi connectivity index (χ3v) is 3.30. The van der Waals surface area contributed by atoms with Crippen LogP contribution < -0.4 is 4.74 Å². The quantitative estimate of drug-likeness (QED) is 0.758. The minimum Gasteiger partial charge on any atom is -0.493 e. The summed E-state index contributed by atoms with van der Waals surface area (Å²) in [4.78, 5) is 0. The fraction of sp³-hybridized carbons (Fsp3) is 0.571. The van der Waals surface area contributed by atoms with Gasteiger partial charge in [0, 0.05) is 5.92 Å². The molecule has 1 aliphatic rings. The summed E-state index contributed by atoms with van der Waals surface area (Å²) in [6.45, 7) is 5.12. The third kappa shape index (κ3) is 2.38. The molecular weight excluding hydrogens is 200 g/mol. The van der Waals surface area contributed by atoms with Gasteiger partial charge in [0.05, 0.1) is 18.8 Å². The van der Waals surface area contributed by atoms with Gasteiger partial charge in [0.15, 0.2) is 0 Å². The zero-order valence-electron chi connectivity index (χ0n) is 10.1. The molecule has 1 aromatic carbocycles. The van der Waals surface area contributed by atoms with Crippen LogP contribution in [0, 0.1) is 5.92 Å². The molecule has 88 valence electrons. The lowest BCUT2D eigenvalue weighted by Gasteiger charge is -2.44. The smallest absolute Gasteiger partial charge is 0.119 e. The van der Waals surface area contributed by atoms with Gasteiger partial charge in [-0.3, -0.25) is 0 Å². The van der Waals surface area contributed by atoms with Crippen LogP contribution in [0.15, 0.2) is 30.3 Å². The number of hydrogen-bond acceptors (Lipinski definition) is 2. The zero-order chi connectivity index (χ0) is 11.4. The first-order chi connectivity index (χ1) is 7.85. The maximum Gasteiger partial charge on any atom is 0.119 e. The Labute approximate surface area is 97.6 Å². The summed E-state index contributed by atoms with van der Waals surface area (Å²) in [5.41, 5.74) is 0. The number of rotatable bonds is 5. The average molecular weight is 220 g/mol. The molecule has 2 nitrogen and oxygen atoms in total. The highest BCUT2D eigenvalue weighted by molar-refractivity contribution is 5.21. The first-order valence-electron chi connectivity index (χ1n) is 6.18. The highest BCUT2D eigenvalue weighted by atomic mass is 16.5. The summed E-state index contributed by atoms with van der Waals surface area (Å²) in [7, 11) is 0. The van der Waals surface area contributed by atoms with Crippen LogP contribution in [0.2, 0.25) is 0 Å². The number of para-hydroxylation sites is 1. The second kappa shape index (κ2) is 5.35. The van der Waals surface area contributed by atoms with E-state index in [0.29, 0.717) is 18.1 Å². The van der Waals surface area contributed by atoms with E-state index in [9.17, 15) is 0 Å². The molecule has 0 amide bonds. The van der Waals surface area contributed by atoms with E-state index >= 15 is 0 Å². The van der Waals surface area contributed by atoms with Crippen LogP contribution in [-0.2, 0) is 4.74 Å². The lowest BCUT2D eigenvalue weighted by molar-refractivity contribution is -0.194. The molecular formula is C14H20O2. The van der Waals surface area contributed by atoms with E-state index in [1.54, 1.807) is 0 Å². The summed E-state index contributed by atoms with van der Waals surface area (Å²) >= 11 is 0. The Hall–Kier alpha value is -1.02. The molecule has 2 rings (SSSR count). The molecule has 0 aromatic heterocycles. The van der Waals surface area contributed by atoms with Gasteiger partial charge < -0.3 is 9.47 Å². The fourth-order valence-corrected chi connectivity index (χ4v) is 2.30. The van der Waals surface area contributed by atoms with Crippen molar-refractivity contribution in [3.8, 4) is 5.75 Å². The van der Waals surface area contributed by atoms with Crippen LogP contribution in [0.1, 0.15) is 26.7 Å². The van der Waals surface area contributed by atoms with Crippen molar-refractivity contribution in [1.29, 1.82) is 0 Å². The number of hydrogen-bond donors (Lipinski definition) is 0. The van der Waals surface area contributed by atoms with Crippen LogP contribution in [0.25, 0.3) is 0 Å². The van der Waals surface area contributed by atoms with Gasteiger partial charge in [0.25, 0.3) is 0 Å². The first-order valence-corrected chi connectivity index (χ1v) is 6.18. The molecule has 2 heteroatoms. The number of benzene rings is 1. The van der Waals surface area contributed by atoms with Gasteiger partial charge in [-0.1, -0.05) is 32.0 Å². The highest BCUT2D eigenvalue weighted by Crippen LogP contribution is 2.33. The van der Waals surface area contributed by atoms with Crippen molar-refractivity contribution in [2.24, 2.45) is 5.92 Å². The van der Waals surface area contributed by atoms with Gasteiger partial charge in [0.1, 0.15) is 5.75 Å². The Bertz CT molecular complexity index is 300. The second-order valence-electron chi connectivity index (χ2n) is 4.32. The van der Waals surface area contributed by atoms with E-state index in [1.807, 2.05) is 30.3 Å². The SMILES string of the molecule is CCC1OC(CC)C1COc1ccccc1. The standard InChI is InChI=1S/C14H20O2/c1-3-13-12(14(4-2)16-13)10-15-11-8-6-5-7-9-11/h5-9,12-14H,3-4,10H2,1-2H3. The Morgan fingerprint density at radius 1 is 1.06 bits per heavy atom. The molecule has 2 unspecified atom stereocenters. The fourth-order valence-electron chi connectivity index (χ4n) is 2.30. The summed E-state index contributed by atoms with van der Waals surface area (Å²) in [6.07, 6.45) is 2.96. The molecule has 1 saturated heterocycles. The summed E-state index contributed by atoms with van der Waals surface area (Å²) in [6, 6.07) is 10.0. The number of ether oxygens (including phenoxy) is 2. The first kappa shape index (κ1) is 11.5. The molecule has 0 aliphatic carbocycles. The molecule has 2 atom stereocenters. The molecule has 1 fully saturated rings. The Morgan fingerprint density at radius 2 is 1.69 bits per heavy atom. The predicted molar refractivity (Wildman–Crippen MR) is 64.7 cm³/mol. The summed E-state index contributed by atoms with van der Waals surface area (Å²) in [5, 5.41) is 0. The molecule has 1 aliphatic heterocycles. The van der Waals surface area contributed by atoms with E-state index in [2.05, 4.69) is 13.8 Å². The summed E-state index contributed by atoms with van der Waals surface area (Å²) in [5.74, 6) is 1.52. The van der Waals surface area contributed by atoms with Gasteiger partial charge in [-0.2, -0.15) is 0 Å². The Morgan fingerprint density at radius 3 is 2.25 bits per heavy atom. The van der Waals surface area contributed by atoms with Crippen LogP contribution in [0.4, 0.5) is 0 Å². The third-order valence-electron chi connectivity index (χ3n) is 3.30. The van der Waals surface area contributed by atoms with Gasteiger partial charge >= 0.3 is 0 Å².